The minimum Gasteiger partial charge on any atom is -0.286 e. The van der Waals surface area contributed by atoms with Crippen molar-refractivity contribution < 1.29 is 17.8 Å². The summed E-state index contributed by atoms with van der Waals surface area (Å²) in [5, 5.41) is 0. The van der Waals surface area contributed by atoms with E-state index in [2.05, 4.69) is 4.84 Å². The monoisotopic (exact) mass is 164 g/mol. The molecule has 5 nitrogen and oxygen atoms in total. The first-order valence-electron chi connectivity index (χ1n) is 1.74. The van der Waals surface area contributed by atoms with E-state index in [9.17, 15) is 8.42 Å². The summed E-state index contributed by atoms with van der Waals surface area (Å²) in [6.45, 7) is 0. The van der Waals surface area contributed by atoms with E-state index in [1.165, 1.54) is 0 Å². The van der Waals surface area contributed by atoms with Crippen molar-refractivity contribution in [3.05, 3.63) is 0 Å². The SMILES string of the molecule is CON(C)S(=O)(=O)O.[Na]. The summed E-state index contributed by atoms with van der Waals surface area (Å²) in [7, 11) is -1.93. The molecule has 0 aromatic carbocycles. The average Bonchev–Trinajstić information content (AvgIpc) is 1.62. The number of hydroxylamine groups is 1. The van der Waals surface area contributed by atoms with Gasteiger partial charge in [-0.15, -0.1) is 0 Å². The van der Waals surface area contributed by atoms with Crippen LogP contribution in [0.2, 0.25) is 0 Å². The first kappa shape index (κ1) is 12.5. The fourth-order valence-electron chi connectivity index (χ4n) is 0.0942. The van der Waals surface area contributed by atoms with Crippen LogP contribution >= 0.6 is 0 Å². The third kappa shape index (κ3) is 5.28. The molecule has 0 aromatic heterocycles. The van der Waals surface area contributed by atoms with Crippen molar-refractivity contribution in [3.63, 3.8) is 0 Å². The Balaban J connectivity index is 0. The Morgan fingerprint density at radius 1 is 1.56 bits per heavy atom. The van der Waals surface area contributed by atoms with Crippen molar-refractivity contribution in [2.24, 2.45) is 0 Å². The van der Waals surface area contributed by atoms with E-state index in [-0.39, 0.29) is 29.6 Å². The van der Waals surface area contributed by atoms with Gasteiger partial charge in [-0.3, -0.25) is 9.39 Å². The van der Waals surface area contributed by atoms with E-state index in [0.29, 0.717) is 4.47 Å². The molecule has 0 spiro atoms. The molecule has 0 saturated heterocycles. The molecule has 1 radical (unpaired) electrons. The maximum atomic E-state index is 9.92. The van der Waals surface area contributed by atoms with Crippen molar-refractivity contribution in [3.8, 4) is 0 Å². The van der Waals surface area contributed by atoms with Gasteiger partial charge in [0, 0.05) is 36.6 Å². The van der Waals surface area contributed by atoms with Crippen LogP contribution in [0, 0.1) is 0 Å². The Morgan fingerprint density at radius 3 is 1.89 bits per heavy atom. The molecule has 0 saturated carbocycles. The largest absolute Gasteiger partial charge is 0.358 e. The average molecular weight is 164 g/mol. The van der Waals surface area contributed by atoms with Crippen LogP contribution in [0.25, 0.3) is 0 Å². The molecule has 0 aliphatic heterocycles. The van der Waals surface area contributed by atoms with Gasteiger partial charge in [-0.2, -0.15) is 8.42 Å². The second kappa shape index (κ2) is 4.62. The van der Waals surface area contributed by atoms with Gasteiger partial charge >= 0.3 is 10.3 Å². The summed E-state index contributed by atoms with van der Waals surface area (Å²) in [6.07, 6.45) is 0. The predicted molar refractivity (Wildman–Crippen MR) is 32.1 cm³/mol. The minimum absolute atomic E-state index is 0. The molecule has 0 aliphatic rings. The molecule has 7 heteroatoms. The molecule has 0 rings (SSSR count). The molecule has 0 atom stereocenters. The molecule has 1 N–H and O–H groups in total. The topological polar surface area (TPSA) is 66.8 Å². The third-order valence-electron chi connectivity index (χ3n) is 0.582. The van der Waals surface area contributed by atoms with Gasteiger partial charge in [-0.25, -0.2) is 0 Å². The van der Waals surface area contributed by atoms with E-state index in [1.807, 2.05) is 0 Å². The normalized spacial score (nSPS) is 11.1. The van der Waals surface area contributed by atoms with Crippen molar-refractivity contribution in [1.82, 2.24) is 4.47 Å². The zero-order valence-corrected chi connectivity index (χ0v) is 8.34. The molecular formula is C2H7NNaO4S. The minimum atomic E-state index is -4.14. The molecule has 0 amide bonds. The van der Waals surface area contributed by atoms with Gasteiger partial charge in [-0.1, -0.05) is 4.47 Å². The Kier molecular flexibility index (Phi) is 6.41. The molecule has 0 aromatic rings. The molecule has 0 unspecified atom stereocenters. The Hall–Kier alpha value is 0.830. The summed E-state index contributed by atoms with van der Waals surface area (Å²) >= 11 is 0. The van der Waals surface area contributed by atoms with E-state index < -0.39 is 10.3 Å². The van der Waals surface area contributed by atoms with Crippen molar-refractivity contribution in [2.45, 2.75) is 0 Å². The van der Waals surface area contributed by atoms with Crippen LogP contribution in [-0.4, -0.2) is 61.2 Å². The van der Waals surface area contributed by atoms with E-state index in [4.69, 9.17) is 4.55 Å². The van der Waals surface area contributed by atoms with Crippen LogP contribution in [0.4, 0.5) is 0 Å². The molecule has 0 heterocycles. The first-order chi connectivity index (χ1) is 3.48. The van der Waals surface area contributed by atoms with Gasteiger partial charge in [-0.05, 0) is 0 Å². The maximum absolute atomic E-state index is 9.92. The van der Waals surface area contributed by atoms with E-state index in [0.717, 1.165) is 14.2 Å². The molecular weight excluding hydrogens is 157 g/mol. The zero-order valence-electron chi connectivity index (χ0n) is 5.53. The van der Waals surface area contributed by atoms with Gasteiger partial charge < -0.3 is 0 Å². The van der Waals surface area contributed by atoms with Gasteiger partial charge in [0.05, 0.1) is 7.11 Å². The molecule has 0 bridgehead atoms. The summed E-state index contributed by atoms with van der Waals surface area (Å²) in [5.74, 6) is 0. The Morgan fingerprint density at radius 2 is 1.89 bits per heavy atom. The summed E-state index contributed by atoms with van der Waals surface area (Å²) < 4.78 is 28.2. The van der Waals surface area contributed by atoms with Crippen LogP contribution in [-0.2, 0) is 15.1 Å². The fraction of sp³-hybridized carbons (Fsp3) is 1.00. The maximum Gasteiger partial charge on any atom is 0.358 e. The number of hydrogen-bond donors (Lipinski definition) is 1. The van der Waals surface area contributed by atoms with Crippen molar-refractivity contribution >= 4 is 39.9 Å². The van der Waals surface area contributed by atoms with Crippen LogP contribution in [0.1, 0.15) is 0 Å². The number of hydrogen-bond acceptors (Lipinski definition) is 3. The van der Waals surface area contributed by atoms with Gasteiger partial charge in [0.1, 0.15) is 0 Å². The number of rotatable bonds is 2. The smallest absolute Gasteiger partial charge is 0.286 e. The summed E-state index contributed by atoms with van der Waals surface area (Å²) in [6, 6.07) is 0. The van der Waals surface area contributed by atoms with Gasteiger partial charge in [0.25, 0.3) is 0 Å². The molecule has 51 valence electrons. The van der Waals surface area contributed by atoms with Crippen LogP contribution in [0.15, 0.2) is 0 Å². The number of nitrogens with zero attached hydrogens (tertiary/aromatic N) is 1. The summed E-state index contributed by atoms with van der Waals surface area (Å²) in [4.78, 5) is 4.11. The standard InChI is InChI=1S/C2H7NO4S.Na/c1-3(7-2)8(4,5)6;/h1-2H3,(H,4,5,6);. The van der Waals surface area contributed by atoms with Crippen LogP contribution in [0.3, 0.4) is 0 Å². The Bertz CT molecular complexity index is 154. The predicted octanol–water partition coefficient (Wildman–Crippen LogP) is -1.10. The van der Waals surface area contributed by atoms with Crippen LogP contribution in [0.5, 0.6) is 0 Å². The zero-order chi connectivity index (χ0) is 6.78. The third-order valence-corrected chi connectivity index (χ3v) is 1.38. The second-order valence-corrected chi connectivity index (χ2v) is 2.48. The molecule has 0 aliphatic carbocycles. The van der Waals surface area contributed by atoms with Crippen molar-refractivity contribution in [2.75, 3.05) is 14.2 Å². The van der Waals surface area contributed by atoms with Crippen molar-refractivity contribution in [1.29, 1.82) is 0 Å². The second-order valence-electron chi connectivity index (χ2n) is 1.07. The molecule has 0 fully saturated rings. The van der Waals surface area contributed by atoms with Crippen LogP contribution < -0.4 is 0 Å². The summed E-state index contributed by atoms with van der Waals surface area (Å²) in [5.41, 5.74) is 0. The Labute approximate surface area is 76.1 Å². The molecule has 9 heavy (non-hydrogen) atoms. The quantitative estimate of drug-likeness (QED) is 0.319. The van der Waals surface area contributed by atoms with Gasteiger partial charge in [0.2, 0.25) is 0 Å². The van der Waals surface area contributed by atoms with E-state index >= 15 is 0 Å². The van der Waals surface area contributed by atoms with Gasteiger partial charge in [0.15, 0.2) is 0 Å². The first-order valence-corrected chi connectivity index (χ1v) is 3.13. The van der Waals surface area contributed by atoms with E-state index in [1.54, 1.807) is 0 Å². The fourth-order valence-corrected chi connectivity index (χ4v) is 0.283.